The van der Waals surface area contributed by atoms with Crippen LogP contribution in [0.5, 0.6) is 0 Å². The molecule has 5 nitrogen and oxygen atoms in total. The van der Waals surface area contributed by atoms with Crippen molar-refractivity contribution in [3.8, 4) is 11.8 Å². The van der Waals surface area contributed by atoms with Crippen molar-refractivity contribution in [1.29, 1.82) is 5.26 Å². The molecule has 0 bridgehead atoms. The third-order valence-corrected chi connectivity index (χ3v) is 5.20. The third-order valence-electron chi connectivity index (χ3n) is 5.20. The summed E-state index contributed by atoms with van der Waals surface area (Å²) < 4.78 is 2.06. The van der Waals surface area contributed by atoms with Gasteiger partial charge in [-0.15, -0.1) is 0 Å². The van der Waals surface area contributed by atoms with Gasteiger partial charge in [0.2, 0.25) is 0 Å². The molecule has 0 saturated carbocycles. The zero-order valence-corrected chi connectivity index (χ0v) is 17.4. The van der Waals surface area contributed by atoms with E-state index in [1.165, 1.54) is 6.92 Å². The van der Waals surface area contributed by atoms with Crippen LogP contribution in [0.2, 0.25) is 0 Å². The van der Waals surface area contributed by atoms with E-state index in [2.05, 4.69) is 34.8 Å². The van der Waals surface area contributed by atoms with E-state index >= 15 is 0 Å². The van der Waals surface area contributed by atoms with Crippen LogP contribution in [0.15, 0.2) is 84.1 Å². The zero-order valence-electron chi connectivity index (χ0n) is 17.4. The summed E-state index contributed by atoms with van der Waals surface area (Å²) in [5.74, 6) is -0.460. The number of hydrogen-bond acceptors (Lipinski definition) is 4. The Morgan fingerprint density at radius 3 is 2.45 bits per heavy atom. The molecule has 1 heterocycles. The number of oxime groups is 1. The molecule has 0 atom stereocenters. The molecule has 0 unspecified atom stereocenters. The lowest BCUT2D eigenvalue weighted by Gasteiger charge is -2.08. The first-order valence-corrected chi connectivity index (χ1v) is 9.97. The van der Waals surface area contributed by atoms with Gasteiger partial charge >= 0.3 is 5.97 Å². The maximum absolute atomic E-state index is 11.5. The van der Waals surface area contributed by atoms with Crippen LogP contribution in [-0.2, 0) is 16.1 Å². The highest BCUT2D eigenvalue weighted by molar-refractivity contribution is 6.12. The predicted molar refractivity (Wildman–Crippen MR) is 121 cm³/mol. The molecule has 0 aliphatic heterocycles. The van der Waals surface area contributed by atoms with E-state index in [-0.39, 0.29) is 0 Å². The predicted octanol–water partition coefficient (Wildman–Crippen LogP) is 5.32. The Morgan fingerprint density at radius 2 is 1.74 bits per heavy atom. The quantitative estimate of drug-likeness (QED) is 0.255. The summed E-state index contributed by atoms with van der Waals surface area (Å²) in [5, 5.41) is 14.3. The summed E-state index contributed by atoms with van der Waals surface area (Å²) in [6.07, 6.45) is 2.54. The molecule has 0 spiro atoms. The van der Waals surface area contributed by atoms with E-state index in [4.69, 9.17) is 10.1 Å². The molecule has 0 fully saturated rings. The molecule has 0 N–H and O–H groups in total. The molecular formula is C26H21N3O2. The van der Waals surface area contributed by atoms with Crippen LogP contribution >= 0.6 is 0 Å². The maximum Gasteiger partial charge on any atom is 0.331 e. The number of nitrogens with zero attached hydrogens (tertiary/aromatic N) is 3. The molecule has 0 saturated heterocycles. The summed E-state index contributed by atoms with van der Waals surface area (Å²) in [6, 6.07) is 25.7. The van der Waals surface area contributed by atoms with Gasteiger partial charge in [0.15, 0.2) is 0 Å². The van der Waals surface area contributed by atoms with Crippen molar-refractivity contribution in [3.05, 3.63) is 101 Å². The normalized spacial score (nSPS) is 11.3. The molecule has 0 aliphatic rings. The van der Waals surface area contributed by atoms with Crippen LogP contribution in [0, 0.1) is 18.3 Å². The number of carbonyl (C=O) groups is 1. The van der Waals surface area contributed by atoms with Gasteiger partial charge in [0.05, 0.1) is 22.9 Å². The van der Waals surface area contributed by atoms with E-state index in [0.29, 0.717) is 17.7 Å². The highest BCUT2D eigenvalue weighted by Gasteiger charge is 2.17. The Labute approximate surface area is 180 Å². The molecule has 5 heteroatoms. The summed E-state index contributed by atoms with van der Waals surface area (Å²) in [5.41, 5.74) is 6.37. The minimum absolute atomic E-state index is 0.460. The standard InChI is InChI=1S/C26H21N3O2/c1-18-7-3-4-8-21(18)15-25(28-31-19(2)30)24-17-29(26-10-6-5-9-23(24)26)22-13-11-20(16-27)12-14-22/h3-14,17H,15H2,1-2H3/b28-25+. The molecule has 3 aromatic carbocycles. The monoisotopic (exact) mass is 407 g/mol. The van der Waals surface area contributed by atoms with Crippen LogP contribution in [0.1, 0.15) is 29.2 Å². The summed E-state index contributed by atoms with van der Waals surface area (Å²) in [4.78, 5) is 16.6. The summed E-state index contributed by atoms with van der Waals surface area (Å²) in [7, 11) is 0. The smallest absolute Gasteiger partial charge is 0.318 e. The SMILES string of the molecule is CC(=O)O/N=C(\Cc1ccccc1C)c1cn(-c2ccc(C#N)cc2)c2ccccc12. The van der Waals surface area contributed by atoms with Gasteiger partial charge in [0, 0.05) is 36.2 Å². The second-order valence-corrected chi connectivity index (χ2v) is 7.31. The molecule has 4 rings (SSSR count). The first kappa shape index (κ1) is 20.1. The number of carbonyl (C=O) groups excluding carboxylic acids is 1. The largest absolute Gasteiger partial charge is 0.331 e. The van der Waals surface area contributed by atoms with E-state index in [1.54, 1.807) is 12.1 Å². The second-order valence-electron chi connectivity index (χ2n) is 7.31. The van der Waals surface area contributed by atoms with Crippen molar-refractivity contribution in [1.82, 2.24) is 4.57 Å². The molecule has 4 aromatic rings. The Morgan fingerprint density at radius 1 is 1.03 bits per heavy atom. The number of rotatable bonds is 5. The number of benzene rings is 3. The molecule has 0 aliphatic carbocycles. The van der Waals surface area contributed by atoms with Gasteiger partial charge in [-0.1, -0.05) is 47.6 Å². The fourth-order valence-electron chi connectivity index (χ4n) is 3.60. The Balaban J connectivity index is 1.86. The maximum atomic E-state index is 11.5. The molecule has 0 amide bonds. The fraction of sp³-hybridized carbons (Fsp3) is 0.115. The van der Waals surface area contributed by atoms with Gasteiger partial charge in [0.25, 0.3) is 0 Å². The van der Waals surface area contributed by atoms with E-state index < -0.39 is 5.97 Å². The average Bonchev–Trinajstić information content (AvgIpc) is 3.17. The number of nitriles is 1. The van der Waals surface area contributed by atoms with Gasteiger partial charge in [-0.3, -0.25) is 0 Å². The molecule has 0 radical (unpaired) electrons. The first-order valence-electron chi connectivity index (χ1n) is 9.97. The van der Waals surface area contributed by atoms with E-state index in [1.807, 2.05) is 54.7 Å². The van der Waals surface area contributed by atoms with Crippen molar-refractivity contribution < 1.29 is 9.63 Å². The van der Waals surface area contributed by atoms with Crippen molar-refractivity contribution in [2.75, 3.05) is 0 Å². The van der Waals surface area contributed by atoms with Crippen LogP contribution in [0.25, 0.3) is 16.6 Å². The third kappa shape index (κ3) is 4.24. The van der Waals surface area contributed by atoms with Crippen LogP contribution in [0.3, 0.4) is 0 Å². The fourth-order valence-corrected chi connectivity index (χ4v) is 3.60. The van der Waals surface area contributed by atoms with Crippen molar-refractivity contribution in [3.63, 3.8) is 0 Å². The Kier molecular flexibility index (Phi) is 5.63. The number of aromatic nitrogens is 1. The van der Waals surface area contributed by atoms with E-state index in [0.717, 1.165) is 33.3 Å². The second kappa shape index (κ2) is 8.68. The highest BCUT2D eigenvalue weighted by Crippen LogP contribution is 2.27. The lowest BCUT2D eigenvalue weighted by molar-refractivity contribution is -0.140. The molecule has 31 heavy (non-hydrogen) atoms. The zero-order chi connectivity index (χ0) is 21.8. The Hall–Kier alpha value is -4.17. The van der Waals surface area contributed by atoms with Gasteiger partial charge in [0.1, 0.15) is 0 Å². The van der Waals surface area contributed by atoms with Crippen molar-refractivity contribution >= 4 is 22.6 Å². The Bertz CT molecular complexity index is 1330. The number of para-hydroxylation sites is 1. The van der Waals surface area contributed by atoms with Crippen LogP contribution in [-0.4, -0.2) is 16.2 Å². The average molecular weight is 407 g/mol. The first-order chi connectivity index (χ1) is 15.1. The summed E-state index contributed by atoms with van der Waals surface area (Å²) in [6.45, 7) is 3.40. The topological polar surface area (TPSA) is 67.4 Å². The summed E-state index contributed by atoms with van der Waals surface area (Å²) >= 11 is 0. The van der Waals surface area contributed by atoms with Gasteiger partial charge in [-0.2, -0.15) is 5.26 Å². The van der Waals surface area contributed by atoms with Crippen molar-refractivity contribution in [2.24, 2.45) is 5.16 Å². The van der Waals surface area contributed by atoms with E-state index in [9.17, 15) is 4.79 Å². The minimum atomic E-state index is -0.460. The van der Waals surface area contributed by atoms with Gasteiger partial charge in [-0.25, -0.2) is 4.79 Å². The number of fused-ring (bicyclic) bond motifs is 1. The van der Waals surface area contributed by atoms with Crippen LogP contribution < -0.4 is 0 Å². The number of hydrogen-bond donors (Lipinski definition) is 0. The minimum Gasteiger partial charge on any atom is -0.318 e. The van der Waals surface area contributed by atoms with Gasteiger partial charge in [-0.05, 0) is 48.4 Å². The molecule has 152 valence electrons. The van der Waals surface area contributed by atoms with Gasteiger partial charge < -0.3 is 9.40 Å². The van der Waals surface area contributed by atoms with Crippen LogP contribution in [0.4, 0.5) is 0 Å². The lowest BCUT2D eigenvalue weighted by Crippen LogP contribution is -2.08. The lowest BCUT2D eigenvalue weighted by atomic mass is 9.98. The highest BCUT2D eigenvalue weighted by atomic mass is 16.7. The van der Waals surface area contributed by atoms with Crippen molar-refractivity contribution in [2.45, 2.75) is 20.3 Å². The molecular weight excluding hydrogens is 386 g/mol. The molecule has 1 aromatic heterocycles. The number of aryl methyl sites for hydroxylation is 1.